The van der Waals surface area contributed by atoms with E-state index in [1.165, 1.54) is 12.8 Å². The highest BCUT2D eigenvalue weighted by molar-refractivity contribution is 7.80. The fourth-order valence-electron chi connectivity index (χ4n) is 2.68. The molecule has 4 nitrogen and oxygen atoms in total. The molecule has 1 fully saturated rings. The molecule has 1 atom stereocenters. The second-order valence-corrected chi connectivity index (χ2v) is 5.65. The second kappa shape index (κ2) is 6.79. The van der Waals surface area contributed by atoms with Gasteiger partial charge >= 0.3 is 0 Å². The molecule has 20 heavy (non-hydrogen) atoms. The molecule has 0 radical (unpaired) electrons. The van der Waals surface area contributed by atoms with Gasteiger partial charge < -0.3 is 10.6 Å². The first-order valence-corrected chi connectivity index (χ1v) is 7.61. The number of rotatable bonds is 3. The molecule has 5 heteroatoms. The molecule has 2 heterocycles. The molecule has 0 saturated carbocycles. The van der Waals surface area contributed by atoms with Crippen molar-refractivity contribution >= 4 is 23.1 Å². The maximum Gasteiger partial charge on any atom is 0.272 e. The highest BCUT2D eigenvalue weighted by Crippen LogP contribution is 2.21. The summed E-state index contributed by atoms with van der Waals surface area (Å²) in [6, 6.07) is 3.82. The molecule has 1 amide bonds. The number of nitrogens with zero attached hydrogens (tertiary/aromatic N) is 2. The first kappa shape index (κ1) is 14.9. The zero-order valence-corrected chi connectivity index (χ0v) is 12.7. The molecule has 1 unspecified atom stereocenters. The van der Waals surface area contributed by atoms with Gasteiger partial charge in [-0.3, -0.25) is 9.78 Å². The lowest BCUT2D eigenvalue weighted by molar-refractivity contribution is 0.0672. The quantitative estimate of drug-likeness (QED) is 0.869. The van der Waals surface area contributed by atoms with Gasteiger partial charge in [0.2, 0.25) is 0 Å². The van der Waals surface area contributed by atoms with E-state index < -0.39 is 0 Å². The number of aromatic nitrogens is 1. The molecule has 0 aromatic carbocycles. The van der Waals surface area contributed by atoms with Crippen LogP contribution < -0.4 is 5.73 Å². The number of nitrogens with two attached hydrogens (primary N) is 1. The standard InChI is InChI=1S/C15H21N3OS/c1-2-12-6-4-3-5-9-18(12)15(19)13-8-7-11(10-17-13)14(16)20/h7-8,10,12H,2-6,9H2,1H3,(H2,16,20). The van der Waals surface area contributed by atoms with Crippen LogP contribution >= 0.6 is 12.2 Å². The molecule has 1 aliphatic rings. The van der Waals surface area contributed by atoms with Gasteiger partial charge in [-0.05, 0) is 31.4 Å². The summed E-state index contributed by atoms with van der Waals surface area (Å²) in [4.78, 5) is 19.1. The van der Waals surface area contributed by atoms with Crippen LogP contribution in [0.25, 0.3) is 0 Å². The van der Waals surface area contributed by atoms with Crippen LogP contribution in [0.4, 0.5) is 0 Å². The molecule has 1 aliphatic heterocycles. The smallest absolute Gasteiger partial charge is 0.272 e. The topological polar surface area (TPSA) is 59.2 Å². The van der Waals surface area contributed by atoms with Crippen molar-refractivity contribution in [3.8, 4) is 0 Å². The largest absolute Gasteiger partial charge is 0.389 e. The minimum absolute atomic E-state index is 0.0215. The van der Waals surface area contributed by atoms with Crippen LogP contribution in [-0.2, 0) is 0 Å². The summed E-state index contributed by atoms with van der Waals surface area (Å²) in [5.74, 6) is 0.0215. The van der Waals surface area contributed by atoms with E-state index in [-0.39, 0.29) is 5.91 Å². The van der Waals surface area contributed by atoms with E-state index in [4.69, 9.17) is 18.0 Å². The molecule has 108 valence electrons. The maximum atomic E-state index is 12.6. The van der Waals surface area contributed by atoms with Gasteiger partial charge in [-0.1, -0.05) is 32.0 Å². The predicted octanol–water partition coefficient (Wildman–Crippen LogP) is 2.51. The molecule has 0 bridgehead atoms. The first-order valence-electron chi connectivity index (χ1n) is 7.20. The fraction of sp³-hybridized carbons (Fsp3) is 0.533. The van der Waals surface area contributed by atoms with Crippen molar-refractivity contribution < 1.29 is 4.79 Å². The molecule has 0 aliphatic carbocycles. The monoisotopic (exact) mass is 291 g/mol. The summed E-state index contributed by atoms with van der Waals surface area (Å²) in [5, 5.41) is 0. The van der Waals surface area contributed by atoms with Crippen molar-refractivity contribution in [2.45, 2.75) is 45.1 Å². The Morgan fingerprint density at radius 3 is 2.85 bits per heavy atom. The van der Waals surface area contributed by atoms with Crippen molar-refractivity contribution in [3.05, 3.63) is 29.6 Å². The normalized spacial score (nSPS) is 19.4. The number of amides is 1. The van der Waals surface area contributed by atoms with E-state index in [0.717, 1.165) is 25.8 Å². The third-order valence-electron chi connectivity index (χ3n) is 3.88. The molecule has 1 saturated heterocycles. The molecular formula is C15H21N3OS. The van der Waals surface area contributed by atoms with Gasteiger partial charge in [-0.15, -0.1) is 0 Å². The Morgan fingerprint density at radius 2 is 2.25 bits per heavy atom. The summed E-state index contributed by atoms with van der Waals surface area (Å²) in [5.41, 5.74) is 6.71. The van der Waals surface area contributed by atoms with Gasteiger partial charge in [0.1, 0.15) is 10.7 Å². The molecular weight excluding hydrogens is 270 g/mol. The van der Waals surface area contributed by atoms with Crippen LogP contribution in [0.15, 0.2) is 18.3 Å². The third-order valence-corrected chi connectivity index (χ3v) is 4.11. The maximum absolute atomic E-state index is 12.6. The molecule has 1 aromatic heterocycles. The molecule has 2 rings (SSSR count). The highest BCUT2D eigenvalue weighted by atomic mass is 32.1. The summed E-state index contributed by atoms with van der Waals surface area (Å²) in [6.45, 7) is 2.97. The number of carbonyl (C=O) groups excluding carboxylic acids is 1. The summed E-state index contributed by atoms with van der Waals surface area (Å²) in [7, 11) is 0. The van der Waals surface area contributed by atoms with Gasteiger partial charge in [0, 0.05) is 24.3 Å². The highest BCUT2D eigenvalue weighted by Gasteiger charge is 2.25. The van der Waals surface area contributed by atoms with Gasteiger partial charge in [-0.2, -0.15) is 0 Å². The van der Waals surface area contributed by atoms with E-state index in [0.29, 0.717) is 22.3 Å². The van der Waals surface area contributed by atoms with E-state index in [1.54, 1.807) is 18.3 Å². The van der Waals surface area contributed by atoms with Crippen molar-refractivity contribution in [1.82, 2.24) is 9.88 Å². The number of hydrogen-bond donors (Lipinski definition) is 1. The van der Waals surface area contributed by atoms with Crippen molar-refractivity contribution in [1.29, 1.82) is 0 Å². The van der Waals surface area contributed by atoms with E-state index >= 15 is 0 Å². The van der Waals surface area contributed by atoms with Crippen LogP contribution in [0.3, 0.4) is 0 Å². The lowest BCUT2D eigenvalue weighted by Gasteiger charge is -2.29. The first-order chi connectivity index (χ1) is 9.63. The van der Waals surface area contributed by atoms with Crippen molar-refractivity contribution in [2.24, 2.45) is 5.73 Å². The summed E-state index contributed by atoms with van der Waals surface area (Å²) in [6.07, 6.45) is 7.15. The van der Waals surface area contributed by atoms with Gasteiger partial charge in [0.15, 0.2) is 0 Å². The number of hydrogen-bond acceptors (Lipinski definition) is 3. The Hall–Kier alpha value is -1.49. The van der Waals surface area contributed by atoms with Crippen LogP contribution in [0.2, 0.25) is 0 Å². The summed E-state index contributed by atoms with van der Waals surface area (Å²) < 4.78 is 0. The fourth-order valence-corrected chi connectivity index (χ4v) is 2.80. The average molecular weight is 291 g/mol. The zero-order chi connectivity index (χ0) is 14.5. The number of thiocarbonyl (C=S) groups is 1. The van der Waals surface area contributed by atoms with E-state index in [1.807, 2.05) is 4.90 Å². The van der Waals surface area contributed by atoms with E-state index in [2.05, 4.69) is 11.9 Å². The summed E-state index contributed by atoms with van der Waals surface area (Å²) >= 11 is 4.89. The molecule has 2 N–H and O–H groups in total. The SMILES string of the molecule is CCC1CCCCCN1C(=O)c1ccc(C(N)=S)cn1. The van der Waals surface area contributed by atoms with Gasteiger partial charge in [-0.25, -0.2) is 0 Å². The van der Waals surface area contributed by atoms with Gasteiger partial charge in [0.05, 0.1) is 0 Å². The minimum atomic E-state index is 0.0215. The predicted molar refractivity (Wildman–Crippen MR) is 83.7 cm³/mol. The van der Waals surface area contributed by atoms with Crippen LogP contribution in [0.1, 0.15) is 55.1 Å². The number of carbonyl (C=O) groups is 1. The number of likely N-dealkylation sites (tertiary alicyclic amines) is 1. The Labute approximate surface area is 125 Å². The Bertz CT molecular complexity index is 486. The van der Waals surface area contributed by atoms with Crippen molar-refractivity contribution in [3.63, 3.8) is 0 Å². The third kappa shape index (κ3) is 3.33. The minimum Gasteiger partial charge on any atom is -0.389 e. The molecule has 1 aromatic rings. The Morgan fingerprint density at radius 1 is 1.45 bits per heavy atom. The molecule has 0 spiro atoms. The Balaban J connectivity index is 2.17. The van der Waals surface area contributed by atoms with Gasteiger partial charge in [0.25, 0.3) is 5.91 Å². The number of pyridine rings is 1. The average Bonchev–Trinajstić information content (AvgIpc) is 2.71. The second-order valence-electron chi connectivity index (χ2n) is 5.21. The van der Waals surface area contributed by atoms with Crippen molar-refractivity contribution in [2.75, 3.05) is 6.54 Å². The lowest BCUT2D eigenvalue weighted by atomic mass is 10.1. The van der Waals surface area contributed by atoms with Crippen LogP contribution in [0, 0.1) is 0 Å². The van der Waals surface area contributed by atoms with Crippen LogP contribution in [-0.4, -0.2) is 33.4 Å². The van der Waals surface area contributed by atoms with Crippen LogP contribution in [0.5, 0.6) is 0 Å². The zero-order valence-electron chi connectivity index (χ0n) is 11.8. The lowest BCUT2D eigenvalue weighted by Crippen LogP contribution is -2.40. The van der Waals surface area contributed by atoms with E-state index in [9.17, 15) is 4.79 Å². The Kier molecular flexibility index (Phi) is 5.06.